The molecule has 0 saturated carbocycles. The van der Waals surface area contributed by atoms with E-state index in [-0.39, 0.29) is 5.82 Å². The maximum absolute atomic E-state index is 13.1. The second kappa shape index (κ2) is 7.66. The van der Waals surface area contributed by atoms with Gasteiger partial charge in [-0.3, -0.25) is 4.90 Å². The zero-order valence-corrected chi connectivity index (χ0v) is 14.6. The van der Waals surface area contributed by atoms with Crippen molar-refractivity contribution in [3.05, 3.63) is 72.3 Å². The number of benzene rings is 2. The second-order valence-electron chi connectivity index (χ2n) is 6.55. The molecule has 1 fully saturated rings. The van der Waals surface area contributed by atoms with Gasteiger partial charge < -0.3 is 4.90 Å². The number of halogens is 1. The first-order chi connectivity index (χ1) is 12.8. The van der Waals surface area contributed by atoms with Gasteiger partial charge in [-0.2, -0.15) is 15.0 Å². The van der Waals surface area contributed by atoms with Crippen molar-refractivity contribution < 1.29 is 4.39 Å². The molecule has 0 spiro atoms. The fourth-order valence-corrected chi connectivity index (χ4v) is 3.32. The van der Waals surface area contributed by atoms with Crippen molar-refractivity contribution in [2.24, 2.45) is 0 Å². The molecular formula is C20H22FN5. The van der Waals surface area contributed by atoms with E-state index in [1.807, 2.05) is 48.7 Å². The first-order valence-electron chi connectivity index (χ1n) is 8.97. The first kappa shape index (κ1) is 16.7. The molecule has 3 aromatic rings. The normalized spacial score (nSPS) is 15.8. The van der Waals surface area contributed by atoms with Crippen LogP contribution in [0.2, 0.25) is 0 Å². The molecule has 134 valence electrons. The van der Waals surface area contributed by atoms with E-state index < -0.39 is 0 Å². The van der Waals surface area contributed by atoms with E-state index in [4.69, 9.17) is 0 Å². The molecule has 0 bridgehead atoms. The molecule has 1 aromatic heterocycles. The molecule has 0 atom stereocenters. The second-order valence-corrected chi connectivity index (χ2v) is 6.55. The third kappa shape index (κ3) is 3.91. The van der Waals surface area contributed by atoms with Crippen LogP contribution in [0.25, 0.3) is 5.69 Å². The van der Waals surface area contributed by atoms with Crippen LogP contribution in [-0.2, 0) is 6.54 Å². The number of anilines is 1. The molecule has 1 aliphatic rings. The third-order valence-electron chi connectivity index (χ3n) is 4.69. The summed E-state index contributed by atoms with van der Waals surface area (Å²) in [5.41, 5.74) is 3.03. The van der Waals surface area contributed by atoms with E-state index in [0.29, 0.717) is 0 Å². The minimum absolute atomic E-state index is 0.188. The van der Waals surface area contributed by atoms with E-state index in [2.05, 4.69) is 20.0 Å². The quantitative estimate of drug-likeness (QED) is 0.724. The van der Waals surface area contributed by atoms with Crippen molar-refractivity contribution in [1.29, 1.82) is 0 Å². The zero-order chi connectivity index (χ0) is 17.8. The van der Waals surface area contributed by atoms with Crippen LogP contribution in [0.15, 0.2) is 60.8 Å². The molecule has 0 amide bonds. The molecule has 0 radical (unpaired) electrons. The van der Waals surface area contributed by atoms with Crippen molar-refractivity contribution in [2.75, 3.05) is 31.1 Å². The summed E-state index contributed by atoms with van der Waals surface area (Å²) in [6.45, 7) is 4.69. The number of nitrogens with zero attached hydrogens (tertiary/aromatic N) is 5. The van der Waals surface area contributed by atoms with Gasteiger partial charge in [0.15, 0.2) is 0 Å². The minimum atomic E-state index is -0.188. The average Bonchev–Trinajstić information content (AvgIpc) is 3.02. The Morgan fingerprint density at radius 3 is 2.46 bits per heavy atom. The van der Waals surface area contributed by atoms with Crippen molar-refractivity contribution in [3.63, 3.8) is 0 Å². The lowest BCUT2D eigenvalue weighted by Gasteiger charge is -2.23. The largest absolute Gasteiger partial charge is 0.370 e. The fraction of sp³-hybridized carbons (Fsp3) is 0.300. The van der Waals surface area contributed by atoms with Crippen LogP contribution in [0, 0.1) is 5.82 Å². The predicted octanol–water partition coefficient (Wildman–Crippen LogP) is 3.12. The lowest BCUT2D eigenvalue weighted by Crippen LogP contribution is -2.30. The molecule has 0 unspecified atom stereocenters. The highest BCUT2D eigenvalue weighted by Crippen LogP contribution is 2.17. The maximum Gasteiger partial charge on any atom is 0.123 e. The van der Waals surface area contributed by atoms with E-state index in [1.54, 1.807) is 4.80 Å². The molecule has 2 heterocycles. The van der Waals surface area contributed by atoms with Gasteiger partial charge in [0, 0.05) is 38.4 Å². The Hall–Kier alpha value is -2.73. The van der Waals surface area contributed by atoms with Gasteiger partial charge in [-0.1, -0.05) is 18.2 Å². The van der Waals surface area contributed by atoms with Gasteiger partial charge in [0.25, 0.3) is 0 Å². The SMILES string of the molecule is Fc1ccc(N2CCCN(Cc3cnn(-c4ccccc4)n3)CC2)cc1. The van der Waals surface area contributed by atoms with Crippen LogP contribution >= 0.6 is 0 Å². The predicted molar refractivity (Wildman–Crippen MR) is 99.9 cm³/mol. The molecule has 6 heteroatoms. The molecule has 26 heavy (non-hydrogen) atoms. The van der Waals surface area contributed by atoms with Crippen LogP contribution in [0.1, 0.15) is 12.1 Å². The summed E-state index contributed by atoms with van der Waals surface area (Å²) < 4.78 is 13.1. The fourth-order valence-electron chi connectivity index (χ4n) is 3.32. The Labute approximate surface area is 152 Å². The van der Waals surface area contributed by atoms with Crippen LogP contribution in [0.3, 0.4) is 0 Å². The molecular weight excluding hydrogens is 329 g/mol. The Morgan fingerprint density at radius 2 is 1.65 bits per heavy atom. The highest BCUT2D eigenvalue weighted by atomic mass is 19.1. The van der Waals surface area contributed by atoms with Crippen LogP contribution in [0.5, 0.6) is 0 Å². The molecule has 2 aromatic carbocycles. The first-order valence-corrected chi connectivity index (χ1v) is 8.97. The van der Waals surface area contributed by atoms with Gasteiger partial charge in [-0.15, -0.1) is 0 Å². The summed E-state index contributed by atoms with van der Waals surface area (Å²) in [6, 6.07) is 16.7. The van der Waals surface area contributed by atoms with Gasteiger partial charge in [0.05, 0.1) is 17.6 Å². The summed E-state index contributed by atoms with van der Waals surface area (Å²) in [4.78, 5) is 6.40. The molecule has 5 nitrogen and oxygen atoms in total. The number of hydrogen-bond donors (Lipinski definition) is 0. The summed E-state index contributed by atoms with van der Waals surface area (Å²) in [5, 5.41) is 8.98. The van der Waals surface area contributed by atoms with Gasteiger partial charge in [0.2, 0.25) is 0 Å². The third-order valence-corrected chi connectivity index (χ3v) is 4.69. The summed E-state index contributed by atoms with van der Waals surface area (Å²) in [5.74, 6) is -0.188. The summed E-state index contributed by atoms with van der Waals surface area (Å²) in [6.07, 6.45) is 2.92. The van der Waals surface area contributed by atoms with Gasteiger partial charge in [-0.25, -0.2) is 4.39 Å². The maximum atomic E-state index is 13.1. The van der Waals surface area contributed by atoms with Crippen LogP contribution < -0.4 is 4.90 Å². The molecule has 4 rings (SSSR count). The lowest BCUT2D eigenvalue weighted by molar-refractivity contribution is 0.281. The van der Waals surface area contributed by atoms with Gasteiger partial charge in [0.1, 0.15) is 5.82 Å². The molecule has 1 saturated heterocycles. The lowest BCUT2D eigenvalue weighted by atomic mass is 10.2. The number of aromatic nitrogens is 3. The van der Waals surface area contributed by atoms with E-state index in [9.17, 15) is 4.39 Å². The molecule has 0 aliphatic carbocycles. The van der Waals surface area contributed by atoms with Crippen molar-refractivity contribution >= 4 is 5.69 Å². The zero-order valence-electron chi connectivity index (χ0n) is 14.6. The van der Waals surface area contributed by atoms with Gasteiger partial charge >= 0.3 is 0 Å². The Morgan fingerprint density at radius 1 is 0.846 bits per heavy atom. The van der Waals surface area contributed by atoms with E-state index in [0.717, 1.165) is 56.2 Å². The topological polar surface area (TPSA) is 37.2 Å². The highest BCUT2D eigenvalue weighted by Gasteiger charge is 2.16. The standard InChI is InChI=1S/C20H22FN5/c21-17-7-9-19(10-8-17)25-12-4-11-24(13-14-25)16-18-15-22-26(23-18)20-5-2-1-3-6-20/h1-3,5-10,15H,4,11-14,16H2. The van der Waals surface area contributed by atoms with Gasteiger partial charge in [-0.05, 0) is 42.8 Å². The smallest absolute Gasteiger partial charge is 0.123 e. The molecule has 0 N–H and O–H groups in total. The highest BCUT2D eigenvalue weighted by molar-refractivity contribution is 5.46. The minimum Gasteiger partial charge on any atom is -0.370 e. The van der Waals surface area contributed by atoms with Crippen molar-refractivity contribution in [3.8, 4) is 5.69 Å². The summed E-state index contributed by atoms with van der Waals surface area (Å²) in [7, 11) is 0. The van der Waals surface area contributed by atoms with Crippen LogP contribution in [-0.4, -0.2) is 46.1 Å². The Bertz CT molecular complexity index is 831. The van der Waals surface area contributed by atoms with Crippen LogP contribution in [0.4, 0.5) is 10.1 Å². The van der Waals surface area contributed by atoms with Crippen molar-refractivity contribution in [2.45, 2.75) is 13.0 Å². The molecule has 1 aliphatic heterocycles. The number of hydrogen-bond acceptors (Lipinski definition) is 4. The Balaban J connectivity index is 1.38. The average molecular weight is 351 g/mol. The van der Waals surface area contributed by atoms with E-state index in [1.165, 1.54) is 12.1 Å². The summed E-state index contributed by atoms with van der Waals surface area (Å²) >= 11 is 0. The monoisotopic (exact) mass is 351 g/mol. The Kier molecular flexibility index (Phi) is 4.93. The number of rotatable bonds is 4. The van der Waals surface area contributed by atoms with Crippen molar-refractivity contribution in [1.82, 2.24) is 19.9 Å². The van der Waals surface area contributed by atoms with E-state index >= 15 is 0 Å². The number of para-hydroxylation sites is 1.